The van der Waals surface area contributed by atoms with Crippen LogP contribution in [0.4, 0.5) is 5.95 Å². The van der Waals surface area contributed by atoms with Gasteiger partial charge in [-0.05, 0) is 12.8 Å². The molecule has 105 valence electrons. The van der Waals surface area contributed by atoms with E-state index in [0.29, 0.717) is 18.9 Å². The van der Waals surface area contributed by atoms with Gasteiger partial charge in [0, 0.05) is 30.7 Å². The summed E-state index contributed by atoms with van der Waals surface area (Å²) in [7, 11) is 0. The van der Waals surface area contributed by atoms with Crippen LogP contribution >= 0.6 is 11.3 Å². The molecule has 2 heterocycles. The molecular formula is C12H14N5O2S. The lowest BCUT2D eigenvalue weighted by molar-refractivity contribution is 0.0996. The molecule has 2 rings (SSSR count). The molecule has 4 N–H and O–H groups in total. The molecule has 2 aromatic heterocycles. The molecule has 0 fully saturated rings. The number of Topliss-reactive ketones (excluding diaryl/α,β-unsaturated/α-hetero) is 1. The van der Waals surface area contributed by atoms with E-state index in [1.165, 1.54) is 5.38 Å². The predicted octanol–water partition coefficient (Wildman–Crippen LogP) is 0.888. The van der Waals surface area contributed by atoms with E-state index in [4.69, 9.17) is 11.5 Å². The highest BCUT2D eigenvalue weighted by Crippen LogP contribution is 2.13. The first-order valence-corrected chi connectivity index (χ1v) is 6.85. The number of aromatic nitrogens is 3. The number of nitrogen functional groups attached to an aromatic ring is 1. The molecule has 0 saturated carbocycles. The number of carbonyl (C=O) groups is 2. The molecular weight excluding hydrogens is 278 g/mol. The maximum Gasteiger partial charge on any atom is 0.268 e. The summed E-state index contributed by atoms with van der Waals surface area (Å²) < 4.78 is 1.81. The van der Waals surface area contributed by atoms with Gasteiger partial charge in [-0.2, -0.15) is 0 Å². The first-order valence-electron chi connectivity index (χ1n) is 5.97. The molecule has 20 heavy (non-hydrogen) atoms. The topological polar surface area (TPSA) is 117 Å². The highest BCUT2D eigenvalue weighted by atomic mass is 32.1. The lowest BCUT2D eigenvalue weighted by atomic mass is 10.2. The van der Waals surface area contributed by atoms with Gasteiger partial charge in [-0.25, -0.2) is 9.97 Å². The number of nitrogens with two attached hydrogens (primary N) is 2. The van der Waals surface area contributed by atoms with Crippen LogP contribution in [0.5, 0.6) is 0 Å². The second-order valence-corrected chi connectivity index (χ2v) is 4.95. The van der Waals surface area contributed by atoms with Crippen LogP contribution < -0.4 is 11.5 Å². The number of unbranched alkanes of at least 4 members (excludes halogenated alkanes) is 1. The Labute approximate surface area is 119 Å². The predicted molar refractivity (Wildman–Crippen MR) is 75.1 cm³/mol. The van der Waals surface area contributed by atoms with Gasteiger partial charge in [0.15, 0.2) is 16.7 Å². The molecule has 1 amide bonds. The molecule has 0 unspecified atom stereocenters. The van der Waals surface area contributed by atoms with Crippen LogP contribution in [0.15, 0.2) is 17.8 Å². The first-order chi connectivity index (χ1) is 9.58. The van der Waals surface area contributed by atoms with Crippen LogP contribution in [-0.4, -0.2) is 26.2 Å². The van der Waals surface area contributed by atoms with E-state index in [9.17, 15) is 9.59 Å². The third kappa shape index (κ3) is 3.41. The van der Waals surface area contributed by atoms with E-state index >= 15 is 0 Å². The van der Waals surface area contributed by atoms with E-state index in [-0.39, 0.29) is 16.5 Å². The SMILES string of the molecule is NC(=O)c1csc(C(=O)[CH]CCCn2ccnc2N)n1. The smallest absolute Gasteiger partial charge is 0.268 e. The fourth-order valence-corrected chi connectivity index (χ4v) is 2.35. The number of anilines is 1. The van der Waals surface area contributed by atoms with Crippen LogP contribution in [0.3, 0.4) is 0 Å². The van der Waals surface area contributed by atoms with Gasteiger partial charge in [0.2, 0.25) is 0 Å². The summed E-state index contributed by atoms with van der Waals surface area (Å²) in [5, 5.41) is 1.76. The Kier molecular flexibility index (Phi) is 4.46. The summed E-state index contributed by atoms with van der Waals surface area (Å²) in [5.41, 5.74) is 10.8. The third-order valence-corrected chi connectivity index (χ3v) is 3.50. The number of nitrogens with zero attached hydrogens (tertiary/aromatic N) is 3. The number of amides is 1. The summed E-state index contributed by atoms with van der Waals surface area (Å²) in [5.74, 6) is -0.362. The highest BCUT2D eigenvalue weighted by molar-refractivity contribution is 7.12. The number of hydrogen-bond donors (Lipinski definition) is 2. The van der Waals surface area contributed by atoms with Crippen molar-refractivity contribution in [2.45, 2.75) is 19.4 Å². The summed E-state index contributed by atoms with van der Waals surface area (Å²) in [6.07, 6.45) is 6.33. The van der Waals surface area contributed by atoms with E-state index < -0.39 is 5.91 Å². The zero-order chi connectivity index (χ0) is 14.5. The van der Waals surface area contributed by atoms with Gasteiger partial charge in [0.05, 0.1) is 0 Å². The molecule has 0 aliphatic heterocycles. The Morgan fingerprint density at radius 1 is 1.45 bits per heavy atom. The number of thiazole rings is 1. The average molecular weight is 292 g/mol. The Bertz CT molecular complexity index is 619. The van der Waals surface area contributed by atoms with Gasteiger partial charge in [0.25, 0.3) is 5.91 Å². The minimum atomic E-state index is -0.629. The second kappa shape index (κ2) is 6.29. The highest BCUT2D eigenvalue weighted by Gasteiger charge is 2.13. The molecule has 0 aliphatic rings. The van der Waals surface area contributed by atoms with Gasteiger partial charge in [-0.15, -0.1) is 11.3 Å². The van der Waals surface area contributed by atoms with Crippen molar-refractivity contribution < 1.29 is 9.59 Å². The van der Waals surface area contributed by atoms with Crippen LogP contribution in [-0.2, 0) is 6.54 Å². The van der Waals surface area contributed by atoms with E-state index in [1.54, 1.807) is 18.8 Å². The maximum atomic E-state index is 11.8. The Hall–Kier alpha value is -2.22. The number of hydrogen-bond acceptors (Lipinski definition) is 6. The van der Waals surface area contributed by atoms with Crippen molar-refractivity contribution in [1.29, 1.82) is 0 Å². The Morgan fingerprint density at radius 3 is 2.85 bits per heavy atom. The number of ketones is 1. The summed E-state index contributed by atoms with van der Waals surface area (Å²) in [6.45, 7) is 0.694. The van der Waals surface area contributed by atoms with Gasteiger partial charge < -0.3 is 16.0 Å². The molecule has 0 spiro atoms. The Balaban J connectivity index is 1.77. The monoisotopic (exact) mass is 292 g/mol. The molecule has 7 nitrogen and oxygen atoms in total. The van der Waals surface area contributed by atoms with Gasteiger partial charge >= 0.3 is 0 Å². The van der Waals surface area contributed by atoms with Gasteiger partial charge in [0.1, 0.15) is 5.69 Å². The lowest BCUT2D eigenvalue weighted by Crippen LogP contribution is -2.12. The van der Waals surface area contributed by atoms with E-state index in [1.807, 2.05) is 4.57 Å². The first kappa shape index (κ1) is 14.2. The third-order valence-electron chi connectivity index (χ3n) is 2.65. The normalized spacial score (nSPS) is 10.6. The van der Waals surface area contributed by atoms with Crippen LogP contribution in [0.2, 0.25) is 0 Å². The lowest BCUT2D eigenvalue weighted by Gasteiger charge is -2.03. The van der Waals surface area contributed by atoms with E-state index in [0.717, 1.165) is 17.8 Å². The largest absolute Gasteiger partial charge is 0.369 e. The van der Waals surface area contributed by atoms with Crippen LogP contribution in [0.1, 0.15) is 33.1 Å². The van der Waals surface area contributed by atoms with Crippen molar-refractivity contribution in [2.75, 3.05) is 5.73 Å². The fraction of sp³-hybridized carbons (Fsp3) is 0.250. The van der Waals surface area contributed by atoms with Crippen LogP contribution in [0.25, 0.3) is 0 Å². The van der Waals surface area contributed by atoms with Gasteiger partial charge in [-0.1, -0.05) is 0 Å². The van der Waals surface area contributed by atoms with Crippen molar-refractivity contribution in [3.8, 4) is 0 Å². The molecule has 1 radical (unpaired) electrons. The molecule has 0 bridgehead atoms. The van der Waals surface area contributed by atoms with Gasteiger partial charge in [-0.3, -0.25) is 9.59 Å². The standard InChI is InChI=1S/C12H14N5O2S/c13-10(19)8-7-20-11(16-8)9(18)3-1-2-5-17-6-4-15-12(17)14/h3-4,6-7H,1-2,5H2,(H2,13,19)(H2,14,15). The molecule has 2 aromatic rings. The summed E-state index contributed by atoms with van der Waals surface area (Å²) in [4.78, 5) is 30.5. The van der Waals surface area contributed by atoms with Crippen molar-refractivity contribution in [3.05, 3.63) is 34.9 Å². The Morgan fingerprint density at radius 2 is 2.25 bits per heavy atom. The number of imidazole rings is 1. The van der Waals surface area contributed by atoms with Crippen molar-refractivity contribution >= 4 is 29.0 Å². The molecule has 0 aliphatic carbocycles. The molecule has 0 saturated heterocycles. The number of rotatable bonds is 7. The number of carbonyl (C=O) groups excluding carboxylic acids is 2. The van der Waals surface area contributed by atoms with Crippen molar-refractivity contribution in [1.82, 2.24) is 14.5 Å². The second-order valence-electron chi connectivity index (χ2n) is 4.09. The number of primary amides is 1. The van der Waals surface area contributed by atoms with Crippen LogP contribution in [0, 0.1) is 6.42 Å². The van der Waals surface area contributed by atoms with Crippen molar-refractivity contribution in [2.24, 2.45) is 5.73 Å². The fourth-order valence-electron chi connectivity index (χ4n) is 1.61. The maximum absolute atomic E-state index is 11.8. The average Bonchev–Trinajstić information content (AvgIpc) is 3.03. The minimum Gasteiger partial charge on any atom is -0.369 e. The zero-order valence-corrected chi connectivity index (χ0v) is 11.5. The zero-order valence-electron chi connectivity index (χ0n) is 10.7. The minimum absolute atomic E-state index is 0.123. The molecule has 0 atom stereocenters. The molecule has 8 heteroatoms. The summed E-state index contributed by atoms with van der Waals surface area (Å²) in [6, 6.07) is 0. The van der Waals surface area contributed by atoms with E-state index in [2.05, 4.69) is 9.97 Å². The molecule has 0 aromatic carbocycles. The van der Waals surface area contributed by atoms with Crippen molar-refractivity contribution in [3.63, 3.8) is 0 Å². The number of aryl methyl sites for hydroxylation is 1. The summed E-state index contributed by atoms with van der Waals surface area (Å²) >= 11 is 1.12. The quantitative estimate of drug-likeness (QED) is 0.580.